The van der Waals surface area contributed by atoms with Gasteiger partial charge in [0.25, 0.3) is 0 Å². The summed E-state index contributed by atoms with van der Waals surface area (Å²) in [7, 11) is 1.43. The Morgan fingerprint density at radius 2 is 2.18 bits per heavy atom. The minimum absolute atomic E-state index is 0.168. The van der Waals surface area contributed by atoms with Crippen molar-refractivity contribution in [2.45, 2.75) is 12.6 Å². The van der Waals surface area contributed by atoms with Crippen molar-refractivity contribution in [1.29, 1.82) is 0 Å². The summed E-state index contributed by atoms with van der Waals surface area (Å²) in [6.45, 7) is 0.276. The van der Waals surface area contributed by atoms with Crippen molar-refractivity contribution in [3.05, 3.63) is 0 Å². The van der Waals surface area contributed by atoms with Gasteiger partial charge in [0.15, 0.2) is 5.41 Å². The molecule has 0 saturated carbocycles. The first-order chi connectivity index (χ1) is 7.85. The molecule has 1 N–H and O–H groups in total. The largest absolute Gasteiger partial charge is 0.404 e. The molecule has 1 amide bonds. The van der Waals surface area contributed by atoms with E-state index in [1.54, 1.807) is 0 Å². The first kappa shape index (κ1) is 14.6. The molecule has 0 aliphatic carbocycles. The second kappa shape index (κ2) is 5.48. The van der Waals surface area contributed by atoms with Crippen molar-refractivity contribution < 1.29 is 18.0 Å². The normalized spacial score (nSPS) is 25.0. The maximum atomic E-state index is 13.1. The fourth-order valence-electron chi connectivity index (χ4n) is 1.93. The van der Waals surface area contributed by atoms with Gasteiger partial charge in [0, 0.05) is 25.9 Å². The summed E-state index contributed by atoms with van der Waals surface area (Å²) in [4.78, 5) is 13.2. The average Bonchev–Trinajstić information content (AvgIpc) is 2.74. The Balaban J connectivity index is 2.81. The van der Waals surface area contributed by atoms with E-state index >= 15 is 0 Å². The fourth-order valence-corrected chi connectivity index (χ4v) is 2.39. The van der Waals surface area contributed by atoms with E-state index in [9.17, 15) is 18.0 Å². The quantitative estimate of drug-likeness (QED) is 0.837. The summed E-state index contributed by atoms with van der Waals surface area (Å²) in [6.07, 6.45) is -2.80. The lowest BCUT2D eigenvalue weighted by atomic mass is 9.84. The monoisotopic (exact) mass is 270 g/mol. The minimum atomic E-state index is -4.48. The van der Waals surface area contributed by atoms with Crippen LogP contribution in [0.4, 0.5) is 13.2 Å². The van der Waals surface area contributed by atoms with Crippen LogP contribution in [0.5, 0.6) is 0 Å². The summed E-state index contributed by atoms with van der Waals surface area (Å²) in [6, 6.07) is 0. The topological polar surface area (TPSA) is 32.3 Å². The second-order valence-electron chi connectivity index (χ2n) is 4.23. The van der Waals surface area contributed by atoms with Crippen molar-refractivity contribution in [3.63, 3.8) is 0 Å². The van der Waals surface area contributed by atoms with E-state index in [0.29, 0.717) is 12.3 Å². The number of halogens is 3. The van der Waals surface area contributed by atoms with Gasteiger partial charge in [0.05, 0.1) is 0 Å². The molecule has 1 heterocycles. The van der Waals surface area contributed by atoms with Crippen LogP contribution in [0.1, 0.15) is 6.42 Å². The predicted octanol–water partition coefficient (Wildman–Crippen LogP) is 1.35. The number of alkyl halides is 3. The maximum absolute atomic E-state index is 13.1. The van der Waals surface area contributed by atoms with Crippen LogP contribution in [0.25, 0.3) is 0 Å². The standard InChI is InChI=1S/C10H17F3N2OS/c1-15(5-6-17-2)8(16)9(10(11,12)13)3-4-14-7-9/h14H,3-7H2,1-2H3. The number of carbonyl (C=O) groups excluding carboxylic acids is 1. The summed E-state index contributed by atoms with van der Waals surface area (Å²) in [5.41, 5.74) is -2.22. The third-order valence-corrected chi connectivity index (χ3v) is 3.68. The van der Waals surface area contributed by atoms with Gasteiger partial charge in [0.2, 0.25) is 5.91 Å². The molecule has 17 heavy (non-hydrogen) atoms. The van der Waals surface area contributed by atoms with E-state index in [4.69, 9.17) is 0 Å². The molecule has 100 valence electrons. The molecule has 0 radical (unpaired) electrons. The van der Waals surface area contributed by atoms with Gasteiger partial charge in [0.1, 0.15) is 0 Å². The first-order valence-corrected chi connectivity index (χ1v) is 6.76. The van der Waals surface area contributed by atoms with E-state index in [-0.39, 0.29) is 19.5 Å². The van der Waals surface area contributed by atoms with E-state index in [2.05, 4.69) is 5.32 Å². The highest BCUT2D eigenvalue weighted by Crippen LogP contribution is 2.44. The molecular weight excluding hydrogens is 253 g/mol. The van der Waals surface area contributed by atoms with Crippen LogP contribution >= 0.6 is 11.8 Å². The zero-order valence-corrected chi connectivity index (χ0v) is 10.7. The molecule has 1 unspecified atom stereocenters. The van der Waals surface area contributed by atoms with Crippen molar-refractivity contribution in [3.8, 4) is 0 Å². The zero-order valence-electron chi connectivity index (χ0n) is 9.93. The van der Waals surface area contributed by atoms with Gasteiger partial charge >= 0.3 is 6.18 Å². The van der Waals surface area contributed by atoms with Gasteiger partial charge in [-0.1, -0.05) is 0 Å². The van der Waals surface area contributed by atoms with Crippen LogP contribution in [-0.4, -0.2) is 55.7 Å². The van der Waals surface area contributed by atoms with Crippen LogP contribution in [0.2, 0.25) is 0 Å². The fraction of sp³-hybridized carbons (Fsp3) is 0.900. The van der Waals surface area contributed by atoms with Gasteiger partial charge in [-0.15, -0.1) is 0 Å². The summed E-state index contributed by atoms with van der Waals surface area (Å²) < 4.78 is 39.2. The molecule has 1 rings (SSSR count). The maximum Gasteiger partial charge on any atom is 0.404 e. The van der Waals surface area contributed by atoms with Crippen molar-refractivity contribution >= 4 is 17.7 Å². The molecular formula is C10H17F3N2OS. The zero-order chi connectivity index (χ0) is 13.1. The number of nitrogens with one attached hydrogen (secondary N) is 1. The number of amides is 1. The Hall–Kier alpha value is -0.430. The highest BCUT2D eigenvalue weighted by atomic mass is 32.2. The average molecular weight is 270 g/mol. The van der Waals surface area contributed by atoms with Crippen LogP contribution in [0.3, 0.4) is 0 Å². The molecule has 1 aliphatic heterocycles. The van der Waals surface area contributed by atoms with Crippen LogP contribution in [0.15, 0.2) is 0 Å². The highest BCUT2D eigenvalue weighted by molar-refractivity contribution is 7.98. The third kappa shape index (κ3) is 2.88. The molecule has 0 aromatic carbocycles. The van der Waals surface area contributed by atoms with E-state index in [0.717, 1.165) is 0 Å². The molecule has 1 atom stereocenters. The van der Waals surface area contributed by atoms with Crippen LogP contribution < -0.4 is 5.32 Å². The van der Waals surface area contributed by atoms with Crippen molar-refractivity contribution in [2.24, 2.45) is 5.41 Å². The Labute approximate surface area is 103 Å². The van der Waals surface area contributed by atoms with Crippen molar-refractivity contribution in [2.75, 3.05) is 38.7 Å². The lowest BCUT2D eigenvalue weighted by molar-refractivity contribution is -0.220. The predicted molar refractivity (Wildman–Crippen MR) is 62.0 cm³/mol. The summed E-state index contributed by atoms with van der Waals surface area (Å²) >= 11 is 1.51. The van der Waals surface area contributed by atoms with Gasteiger partial charge < -0.3 is 10.2 Å². The molecule has 1 saturated heterocycles. The van der Waals surface area contributed by atoms with Gasteiger partial charge in [-0.05, 0) is 19.2 Å². The number of nitrogens with zero attached hydrogens (tertiary/aromatic N) is 1. The number of carbonyl (C=O) groups is 1. The molecule has 3 nitrogen and oxygen atoms in total. The highest BCUT2D eigenvalue weighted by Gasteiger charge is 2.62. The van der Waals surface area contributed by atoms with E-state index < -0.39 is 17.5 Å². The third-order valence-electron chi connectivity index (χ3n) is 3.08. The molecule has 1 fully saturated rings. The van der Waals surface area contributed by atoms with E-state index in [1.165, 1.54) is 23.7 Å². The Kier molecular flexibility index (Phi) is 4.71. The summed E-state index contributed by atoms with van der Waals surface area (Å²) in [5.74, 6) is -0.173. The smallest absolute Gasteiger partial charge is 0.344 e. The minimum Gasteiger partial charge on any atom is -0.344 e. The van der Waals surface area contributed by atoms with Gasteiger partial charge in [-0.25, -0.2) is 0 Å². The van der Waals surface area contributed by atoms with Gasteiger partial charge in [-0.2, -0.15) is 24.9 Å². The van der Waals surface area contributed by atoms with Crippen LogP contribution in [0, 0.1) is 5.41 Å². The Morgan fingerprint density at radius 1 is 1.53 bits per heavy atom. The van der Waals surface area contributed by atoms with E-state index in [1.807, 2.05) is 6.26 Å². The Bertz CT molecular complexity index is 277. The lowest BCUT2D eigenvalue weighted by Gasteiger charge is -2.33. The van der Waals surface area contributed by atoms with Crippen molar-refractivity contribution in [1.82, 2.24) is 10.2 Å². The molecule has 0 spiro atoms. The lowest BCUT2D eigenvalue weighted by Crippen LogP contribution is -2.53. The molecule has 0 aromatic heterocycles. The number of hydrogen-bond acceptors (Lipinski definition) is 3. The summed E-state index contributed by atoms with van der Waals surface area (Å²) in [5, 5.41) is 2.64. The molecule has 7 heteroatoms. The van der Waals surface area contributed by atoms with Crippen LogP contribution in [-0.2, 0) is 4.79 Å². The number of hydrogen-bond donors (Lipinski definition) is 1. The number of thioether (sulfide) groups is 1. The SMILES string of the molecule is CSCCN(C)C(=O)C1(C(F)(F)F)CCNC1. The molecule has 0 aromatic rings. The first-order valence-electron chi connectivity index (χ1n) is 5.37. The molecule has 0 bridgehead atoms. The number of rotatable bonds is 4. The second-order valence-corrected chi connectivity index (χ2v) is 5.21. The molecule has 1 aliphatic rings. The van der Waals surface area contributed by atoms with Gasteiger partial charge in [-0.3, -0.25) is 4.79 Å². The Morgan fingerprint density at radius 3 is 2.59 bits per heavy atom.